The van der Waals surface area contributed by atoms with Gasteiger partial charge in [-0.2, -0.15) is 0 Å². The van der Waals surface area contributed by atoms with Crippen LogP contribution in [0.1, 0.15) is 16.1 Å². The third kappa shape index (κ3) is 5.00. The van der Waals surface area contributed by atoms with E-state index in [1.54, 1.807) is 24.3 Å². The molecule has 5 nitrogen and oxygen atoms in total. The van der Waals surface area contributed by atoms with E-state index in [1.165, 1.54) is 18.0 Å². The number of thioether (sulfide) groups is 1. The first kappa shape index (κ1) is 17.8. The molecule has 2 amide bonds. The highest BCUT2D eigenvalue weighted by Gasteiger charge is 2.09. The Bertz CT molecular complexity index is 872. The van der Waals surface area contributed by atoms with Crippen LogP contribution in [0.15, 0.2) is 76.2 Å². The van der Waals surface area contributed by atoms with Gasteiger partial charge < -0.3 is 15.1 Å². The molecule has 0 fully saturated rings. The summed E-state index contributed by atoms with van der Waals surface area (Å²) in [4.78, 5) is 24.9. The summed E-state index contributed by atoms with van der Waals surface area (Å²) in [5.41, 5.74) is 2.61. The van der Waals surface area contributed by atoms with Crippen LogP contribution in [0.25, 0.3) is 0 Å². The molecule has 0 spiro atoms. The van der Waals surface area contributed by atoms with Crippen LogP contribution in [0.5, 0.6) is 0 Å². The summed E-state index contributed by atoms with van der Waals surface area (Å²) >= 11 is 1.43. The number of anilines is 2. The molecule has 0 saturated carbocycles. The molecule has 6 heteroatoms. The van der Waals surface area contributed by atoms with E-state index in [2.05, 4.69) is 10.6 Å². The molecule has 1 heterocycles. The normalized spacial score (nSPS) is 10.3. The summed E-state index contributed by atoms with van der Waals surface area (Å²) in [7, 11) is 0. The van der Waals surface area contributed by atoms with Crippen molar-refractivity contribution in [3.8, 4) is 0 Å². The van der Waals surface area contributed by atoms with Gasteiger partial charge in [0.05, 0.1) is 12.0 Å². The summed E-state index contributed by atoms with van der Waals surface area (Å²) in [6.07, 6.45) is 1.45. The predicted molar refractivity (Wildman–Crippen MR) is 104 cm³/mol. The monoisotopic (exact) mass is 366 g/mol. The Morgan fingerprint density at radius 3 is 2.23 bits per heavy atom. The van der Waals surface area contributed by atoms with Gasteiger partial charge in [0.15, 0.2) is 5.76 Å². The smallest absolute Gasteiger partial charge is 0.291 e. The summed E-state index contributed by atoms with van der Waals surface area (Å²) < 4.78 is 5.05. The number of rotatable bonds is 6. The number of nitrogens with one attached hydrogen (secondary N) is 2. The first-order valence-corrected chi connectivity index (χ1v) is 9.03. The van der Waals surface area contributed by atoms with Gasteiger partial charge >= 0.3 is 0 Å². The highest BCUT2D eigenvalue weighted by atomic mass is 32.2. The second-order valence-corrected chi connectivity index (χ2v) is 6.71. The van der Waals surface area contributed by atoms with E-state index < -0.39 is 0 Å². The fourth-order valence-corrected chi connectivity index (χ4v) is 2.92. The molecule has 0 aliphatic heterocycles. The molecule has 1 aromatic heterocycles. The number of furan rings is 1. The van der Waals surface area contributed by atoms with Crippen LogP contribution in [-0.2, 0) is 4.79 Å². The van der Waals surface area contributed by atoms with Crippen LogP contribution >= 0.6 is 11.8 Å². The van der Waals surface area contributed by atoms with Gasteiger partial charge in [0.25, 0.3) is 5.91 Å². The fourth-order valence-electron chi connectivity index (χ4n) is 2.22. The van der Waals surface area contributed by atoms with E-state index in [-0.39, 0.29) is 17.6 Å². The van der Waals surface area contributed by atoms with Gasteiger partial charge in [0.1, 0.15) is 0 Å². The number of carbonyl (C=O) groups excluding carboxylic acids is 2. The quantitative estimate of drug-likeness (QED) is 0.627. The minimum atomic E-state index is -0.298. The molecule has 3 aromatic rings. The van der Waals surface area contributed by atoms with Gasteiger partial charge in [-0.15, -0.1) is 11.8 Å². The van der Waals surface area contributed by atoms with Gasteiger partial charge in [-0.1, -0.05) is 17.7 Å². The van der Waals surface area contributed by atoms with Crippen LogP contribution in [0, 0.1) is 6.92 Å². The third-order valence-electron chi connectivity index (χ3n) is 3.56. The first-order chi connectivity index (χ1) is 12.6. The molecule has 26 heavy (non-hydrogen) atoms. The van der Waals surface area contributed by atoms with Crippen molar-refractivity contribution in [2.24, 2.45) is 0 Å². The van der Waals surface area contributed by atoms with Crippen LogP contribution in [-0.4, -0.2) is 17.6 Å². The molecule has 132 valence electrons. The first-order valence-electron chi connectivity index (χ1n) is 8.04. The second-order valence-electron chi connectivity index (χ2n) is 5.66. The number of amides is 2. The zero-order chi connectivity index (χ0) is 18.4. The highest BCUT2D eigenvalue weighted by molar-refractivity contribution is 8.00. The molecule has 0 bridgehead atoms. The Morgan fingerprint density at radius 1 is 0.923 bits per heavy atom. The number of hydrogen-bond acceptors (Lipinski definition) is 4. The minimum absolute atomic E-state index is 0.0611. The third-order valence-corrected chi connectivity index (χ3v) is 4.57. The summed E-state index contributed by atoms with van der Waals surface area (Å²) in [5.74, 6) is 0.213. The Morgan fingerprint density at radius 2 is 1.58 bits per heavy atom. The molecule has 0 saturated heterocycles. The second kappa shape index (κ2) is 8.40. The summed E-state index contributed by atoms with van der Waals surface area (Å²) in [6, 6.07) is 18.3. The average molecular weight is 366 g/mol. The van der Waals surface area contributed by atoms with Crippen LogP contribution in [0.3, 0.4) is 0 Å². The Kier molecular flexibility index (Phi) is 5.76. The van der Waals surface area contributed by atoms with Crippen molar-refractivity contribution in [2.45, 2.75) is 11.8 Å². The summed E-state index contributed by atoms with van der Waals surface area (Å²) in [6.45, 7) is 2.00. The van der Waals surface area contributed by atoms with Gasteiger partial charge in [0, 0.05) is 16.3 Å². The molecule has 2 N–H and O–H groups in total. The number of hydrogen-bond donors (Lipinski definition) is 2. The van der Waals surface area contributed by atoms with Crippen LogP contribution < -0.4 is 10.6 Å². The van der Waals surface area contributed by atoms with E-state index in [1.807, 2.05) is 43.3 Å². The maximum absolute atomic E-state index is 12.0. The fraction of sp³-hybridized carbons (Fsp3) is 0.100. The maximum atomic E-state index is 12.0. The van der Waals surface area contributed by atoms with Crippen molar-refractivity contribution in [3.63, 3.8) is 0 Å². The van der Waals surface area contributed by atoms with Crippen molar-refractivity contribution in [3.05, 3.63) is 78.3 Å². The zero-order valence-corrected chi connectivity index (χ0v) is 15.0. The topological polar surface area (TPSA) is 71.3 Å². The molecule has 0 aliphatic rings. The lowest BCUT2D eigenvalue weighted by Crippen LogP contribution is -2.13. The van der Waals surface area contributed by atoms with Crippen molar-refractivity contribution in [1.29, 1.82) is 0 Å². The van der Waals surface area contributed by atoms with E-state index in [9.17, 15) is 9.59 Å². The van der Waals surface area contributed by atoms with Gasteiger partial charge in [-0.3, -0.25) is 9.59 Å². The molecule has 0 atom stereocenters. The van der Waals surface area contributed by atoms with E-state index in [0.29, 0.717) is 11.4 Å². The van der Waals surface area contributed by atoms with Crippen molar-refractivity contribution < 1.29 is 14.0 Å². The molecule has 2 aromatic carbocycles. The van der Waals surface area contributed by atoms with Crippen LogP contribution in [0.4, 0.5) is 11.4 Å². The lowest BCUT2D eigenvalue weighted by molar-refractivity contribution is -0.113. The molecular formula is C20H18N2O3S. The lowest BCUT2D eigenvalue weighted by atomic mass is 10.2. The standard InChI is InChI=1S/C20H18N2O3S/c1-14-4-6-15(7-5-14)21-19(23)13-26-17-10-8-16(9-11-17)22-20(24)18-3-2-12-25-18/h2-12H,13H2,1H3,(H,21,23)(H,22,24). The Labute approximate surface area is 155 Å². The molecule has 0 unspecified atom stereocenters. The SMILES string of the molecule is Cc1ccc(NC(=O)CSc2ccc(NC(=O)c3ccco3)cc2)cc1. The van der Waals surface area contributed by atoms with Gasteiger partial charge in [-0.25, -0.2) is 0 Å². The van der Waals surface area contributed by atoms with Gasteiger partial charge in [0.2, 0.25) is 5.91 Å². The number of benzene rings is 2. The minimum Gasteiger partial charge on any atom is -0.459 e. The molecular weight excluding hydrogens is 348 g/mol. The number of aryl methyl sites for hydroxylation is 1. The number of carbonyl (C=O) groups is 2. The lowest BCUT2D eigenvalue weighted by Gasteiger charge is -2.07. The van der Waals surface area contributed by atoms with Crippen LogP contribution in [0.2, 0.25) is 0 Å². The Balaban J connectivity index is 1.48. The molecule has 0 aliphatic carbocycles. The average Bonchev–Trinajstić information content (AvgIpc) is 3.18. The molecule has 0 radical (unpaired) electrons. The molecule has 3 rings (SSSR count). The zero-order valence-electron chi connectivity index (χ0n) is 14.2. The van der Waals surface area contributed by atoms with Gasteiger partial charge in [-0.05, 0) is 55.5 Å². The highest BCUT2D eigenvalue weighted by Crippen LogP contribution is 2.21. The van der Waals surface area contributed by atoms with Crippen molar-refractivity contribution >= 4 is 35.0 Å². The van der Waals surface area contributed by atoms with E-state index in [4.69, 9.17) is 4.42 Å². The predicted octanol–water partition coefficient (Wildman–Crippen LogP) is 4.57. The van der Waals surface area contributed by atoms with Crippen molar-refractivity contribution in [1.82, 2.24) is 0 Å². The largest absolute Gasteiger partial charge is 0.459 e. The Hall–Kier alpha value is -2.99. The van der Waals surface area contributed by atoms with E-state index >= 15 is 0 Å². The van der Waals surface area contributed by atoms with Crippen molar-refractivity contribution in [2.75, 3.05) is 16.4 Å². The summed E-state index contributed by atoms with van der Waals surface area (Å²) in [5, 5.41) is 5.62. The van der Waals surface area contributed by atoms with E-state index in [0.717, 1.165) is 16.1 Å². The maximum Gasteiger partial charge on any atom is 0.291 e.